The van der Waals surface area contributed by atoms with Crippen molar-refractivity contribution in [3.63, 3.8) is 0 Å². The van der Waals surface area contributed by atoms with Gasteiger partial charge in [0.15, 0.2) is 0 Å². The molecule has 0 heterocycles. The normalized spacial score (nSPS) is 14.0. The predicted octanol–water partition coefficient (Wildman–Crippen LogP) is 2.19. The molecule has 1 rings (SSSR count). The summed E-state index contributed by atoms with van der Waals surface area (Å²) in [4.78, 5) is 0.235. The first-order valence-electron chi connectivity index (χ1n) is 7.18. The lowest BCUT2D eigenvalue weighted by molar-refractivity contribution is 0.235. The van der Waals surface area contributed by atoms with Crippen LogP contribution >= 0.6 is 0 Å². The van der Waals surface area contributed by atoms with Crippen molar-refractivity contribution in [2.45, 2.75) is 45.1 Å². The standard InChI is InChI=1S/C15H26N2O3S/c1-5-16-21(19,20)13-9-7-6-8-12(13)17-14(10-11-18)15(2,3)4/h6-9,14,16-18H,5,10-11H2,1-4H3. The molecule has 5 nitrogen and oxygen atoms in total. The van der Waals surface area contributed by atoms with Crippen molar-refractivity contribution in [3.05, 3.63) is 24.3 Å². The molecule has 120 valence electrons. The Kier molecular flexibility index (Phi) is 6.19. The third-order valence-corrected chi connectivity index (χ3v) is 4.91. The van der Waals surface area contributed by atoms with Gasteiger partial charge in [-0.05, 0) is 24.0 Å². The van der Waals surface area contributed by atoms with Crippen LogP contribution in [0.2, 0.25) is 0 Å². The summed E-state index contributed by atoms with van der Waals surface area (Å²) in [5.74, 6) is 0. The Morgan fingerprint density at radius 3 is 2.38 bits per heavy atom. The molecule has 6 heteroatoms. The third kappa shape index (κ3) is 4.98. The number of anilines is 1. The Bertz CT molecular complexity index is 550. The molecular formula is C15H26N2O3S. The summed E-state index contributed by atoms with van der Waals surface area (Å²) in [5.41, 5.74) is 0.462. The molecule has 0 bridgehead atoms. The van der Waals surface area contributed by atoms with E-state index in [4.69, 9.17) is 0 Å². The van der Waals surface area contributed by atoms with E-state index in [1.165, 1.54) is 0 Å². The van der Waals surface area contributed by atoms with E-state index in [-0.39, 0.29) is 23.0 Å². The van der Waals surface area contributed by atoms with Crippen molar-refractivity contribution >= 4 is 15.7 Å². The Balaban J connectivity index is 3.14. The van der Waals surface area contributed by atoms with Gasteiger partial charge in [-0.25, -0.2) is 13.1 Å². The van der Waals surface area contributed by atoms with E-state index < -0.39 is 10.0 Å². The van der Waals surface area contributed by atoms with Crippen molar-refractivity contribution < 1.29 is 13.5 Å². The molecule has 0 aromatic heterocycles. The fourth-order valence-corrected chi connectivity index (χ4v) is 3.34. The van der Waals surface area contributed by atoms with Gasteiger partial charge < -0.3 is 10.4 Å². The lowest BCUT2D eigenvalue weighted by atomic mass is 9.85. The SMILES string of the molecule is CCNS(=O)(=O)c1ccccc1NC(CCO)C(C)(C)C. The topological polar surface area (TPSA) is 78.4 Å². The predicted molar refractivity (Wildman–Crippen MR) is 85.9 cm³/mol. The van der Waals surface area contributed by atoms with Crippen LogP contribution in [0.5, 0.6) is 0 Å². The minimum Gasteiger partial charge on any atom is -0.396 e. The van der Waals surface area contributed by atoms with Crippen molar-refractivity contribution in [2.24, 2.45) is 5.41 Å². The maximum Gasteiger partial charge on any atom is 0.242 e. The molecule has 0 radical (unpaired) electrons. The molecule has 1 aromatic carbocycles. The summed E-state index contributed by atoms with van der Waals surface area (Å²) in [6.45, 7) is 8.32. The molecule has 0 aliphatic carbocycles. The van der Waals surface area contributed by atoms with Crippen molar-refractivity contribution in [2.75, 3.05) is 18.5 Å². The molecule has 0 spiro atoms. The molecule has 1 unspecified atom stereocenters. The number of rotatable bonds is 7. The number of nitrogens with one attached hydrogen (secondary N) is 2. The first-order valence-corrected chi connectivity index (χ1v) is 8.66. The van der Waals surface area contributed by atoms with E-state index in [0.29, 0.717) is 18.7 Å². The van der Waals surface area contributed by atoms with Crippen LogP contribution in [0.1, 0.15) is 34.1 Å². The maximum atomic E-state index is 12.2. The highest BCUT2D eigenvalue weighted by atomic mass is 32.2. The largest absolute Gasteiger partial charge is 0.396 e. The van der Waals surface area contributed by atoms with Crippen LogP contribution in [0, 0.1) is 5.41 Å². The highest BCUT2D eigenvalue weighted by Gasteiger charge is 2.26. The Morgan fingerprint density at radius 2 is 1.86 bits per heavy atom. The lowest BCUT2D eigenvalue weighted by Gasteiger charge is -2.32. The smallest absolute Gasteiger partial charge is 0.242 e. The molecule has 1 aromatic rings. The summed E-state index contributed by atoms with van der Waals surface area (Å²) in [7, 11) is -3.52. The van der Waals surface area contributed by atoms with Crippen molar-refractivity contribution in [1.29, 1.82) is 0 Å². The van der Waals surface area contributed by atoms with Gasteiger partial charge in [0.05, 0.1) is 5.69 Å². The average molecular weight is 314 g/mol. The summed E-state index contributed by atoms with van der Waals surface area (Å²) in [5, 5.41) is 12.5. The summed E-state index contributed by atoms with van der Waals surface area (Å²) in [6, 6.07) is 6.80. The van der Waals surface area contributed by atoms with Gasteiger partial charge in [0, 0.05) is 19.2 Å². The van der Waals surface area contributed by atoms with Crippen LogP contribution in [0.4, 0.5) is 5.69 Å². The van der Waals surface area contributed by atoms with Crippen LogP contribution < -0.4 is 10.0 Å². The minimum absolute atomic E-state index is 0.0273. The number of hydrogen-bond acceptors (Lipinski definition) is 4. The van der Waals surface area contributed by atoms with Crippen LogP contribution in [0.3, 0.4) is 0 Å². The van der Waals surface area contributed by atoms with E-state index in [9.17, 15) is 13.5 Å². The highest BCUT2D eigenvalue weighted by Crippen LogP contribution is 2.28. The van der Waals surface area contributed by atoms with Gasteiger partial charge in [0.25, 0.3) is 0 Å². The number of sulfonamides is 1. The van der Waals surface area contributed by atoms with Gasteiger partial charge in [0.1, 0.15) is 4.90 Å². The number of hydrogen-bond donors (Lipinski definition) is 3. The number of para-hydroxylation sites is 1. The third-order valence-electron chi connectivity index (χ3n) is 3.30. The number of aliphatic hydroxyl groups is 1. The van der Waals surface area contributed by atoms with Crippen molar-refractivity contribution in [1.82, 2.24) is 4.72 Å². The first-order chi connectivity index (χ1) is 9.72. The number of aliphatic hydroxyl groups excluding tert-OH is 1. The van der Waals surface area contributed by atoms with Gasteiger partial charge in [-0.1, -0.05) is 39.8 Å². The number of benzene rings is 1. The van der Waals surface area contributed by atoms with E-state index in [1.54, 1.807) is 31.2 Å². The monoisotopic (exact) mass is 314 g/mol. The van der Waals surface area contributed by atoms with Crippen LogP contribution in [0.25, 0.3) is 0 Å². The van der Waals surface area contributed by atoms with Crippen LogP contribution in [-0.4, -0.2) is 32.7 Å². The second-order valence-electron chi connectivity index (χ2n) is 6.07. The van der Waals surface area contributed by atoms with Gasteiger partial charge in [0.2, 0.25) is 10.0 Å². The molecule has 0 aliphatic heterocycles. The van der Waals surface area contributed by atoms with E-state index >= 15 is 0 Å². The molecule has 1 atom stereocenters. The first kappa shape index (κ1) is 17.9. The van der Waals surface area contributed by atoms with Gasteiger partial charge in [-0.2, -0.15) is 0 Å². The zero-order chi connectivity index (χ0) is 16.1. The Hall–Kier alpha value is -1.11. The fourth-order valence-electron chi connectivity index (χ4n) is 2.13. The quantitative estimate of drug-likeness (QED) is 0.721. The van der Waals surface area contributed by atoms with Gasteiger partial charge in [-0.15, -0.1) is 0 Å². The molecule has 0 saturated carbocycles. The van der Waals surface area contributed by atoms with Gasteiger partial charge >= 0.3 is 0 Å². The van der Waals surface area contributed by atoms with Crippen molar-refractivity contribution in [3.8, 4) is 0 Å². The lowest BCUT2D eigenvalue weighted by Crippen LogP contribution is -2.35. The van der Waals surface area contributed by atoms with E-state index in [2.05, 4.69) is 30.8 Å². The van der Waals surface area contributed by atoms with Crippen LogP contribution in [0.15, 0.2) is 29.2 Å². The summed E-state index contributed by atoms with van der Waals surface area (Å²) >= 11 is 0. The summed E-state index contributed by atoms with van der Waals surface area (Å²) < 4.78 is 27.0. The fraction of sp³-hybridized carbons (Fsp3) is 0.600. The van der Waals surface area contributed by atoms with E-state index in [1.807, 2.05) is 0 Å². The molecular weight excluding hydrogens is 288 g/mol. The Morgan fingerprint density at radius 1 is 1.24 bits per heavy atom. The highest BCUT2D eigenvalue weighted by molar-refractivity contribution is 7.89. The zero-order valence-corrected chi connectivity index (χ0v) is 14.0. The van der Waals surface area contributed by atoms with Gasteiger partial charge in [-0.3, -0.25) is 0 Å². The molecule has 0 fully saturated rings. The Labute approximate surface area is 127 Å². The molecule has 21 heavy (non-hydrogen) atoms. The average Bonchev–Trinajstić information content (AvgIpc) is 2.37. The minimum atomic E-state index is -3.52. The second-order valence-corrected chi connectivity index (χ2v) is 7.81. The molecule has 0 saturated heterocycles. The zero-order valence-electron chi connectivity index (χ0n) is 13.2. The molecule has 3 N–H and O–H groups in total. The molecule has 0 amide bonds. The summed E-state index contributed by atoms with van der Waals surface area (Å²) in [6.07, 6.45) is 0.555. The maximum absolute atomic E-state index is 12.2. The van der Waals surface area contributed by atoms with E-state index in [0.717, 1.165) is 0 Å². The molecule has 0 aliphatic rings. The second kappa shape index (κ2) is 7.24. The van der Waals surface area contributed by atoms with Crippen LogP contribution in [-0.2, 0) is 10.0 Å².